The Balaban J connectivity index is 1.59. The minimum atomic E-state index is -0.370. The monoisotopic (exact) mass is 410 g/mol. The molecule has 0 radical (unpaired) electrons. The molecular weight excluding hydrogens is 384 g/mol. The van der Waals surface area contributed by atoms with Crippen LogP contribution in [0.15, 0.2) is 30.3 Å². The topological polar surface area (TPSA) is 95.3 Å². The Morgan fingerprint density at radius 2 is 1.90 bits per heavy atom. The molecule has 8 heteroatoms. The molecule has 0 bridgehead atoms. The van der Waals surface area contributed by atoms with Gasteiger partial charge in [0.05, 0.1) is 17.6 Å². The molecule has 0 fully saturated rings. The molecule has 0 aliphatic heterocycles. The van der Waals surface area contributed by atoms with Gasteiger partial charge in [-0.15, -0.1) is 5.10 Å². The van der Waals surface area contributed by atoms with E-state index in [1.165, 1.54) is 0 Å². The lowest BCUT2D eigenvalue weighted by molar-refractivity contribution is -0.118. The number of carbonyl (C=O) groups excluding carboxylic acids is 2. The molecule has 1 aromatic carbocycles. The number of amides is 1. The van der Waals surface area contributed by atoms with Gasteiger partial charge in [-0.2, -0.15) is 0 Å². The van der Waals surface area contributed by atoms with Crippen molar-refractivity contribution in [2.24, 2.45) is 7.05 Å². The van der Waals surface area contributed by atoms with Gasteiger partial charge in [0.1, 0.15) is 0 Å². The number of rotatable bonds is 8. The number of aryl methyl sites for hydroxylation is 3. The maximum absolute atomic E-state index is 12.3. The second-order valence-corrected chi connectivity index (χ2v) is 7.11. The first-order valence-corrected chi connectivity index (χ1v) is 9.89. The summed E-state index contributed by atoms with van der Waals surface area (Å²) < 4.78 is 12.5. The summed E-state index contributed by atoms with van der Waals surface area (Å²) >= 11 is 0. The number of benzene rings is 1. The molecule has 1 amide bonds. The highest BCUT2D eigenvalue weighted by Crippen LogP contribution is 2.27. The van der Waals surface area contributed by atoms with Gasteiger partial charge in [0.25, 0.3) is 5.91 Å². The molecule has 2 aromatic heterocycles. The number of anilines is 1. The molecule has 0 saturated heterocycles. The summed E-state index contributed by atoms with van der Waals surface area (Å²) in [5.74, 6) is -0.325. The number of hydrogen-bond acceptors (Lipinski definition) is 6. The molecule has 30 heavy (non-hydrogen) atoms. The summed E-state index contributed by atoms with van der Waals surface area (Å²) in [5.41, 5.74) is 3.60. The minimum absolute atomic E-state index is 0.194. The van der Waals surface area contributed by atoms with Crippen molar-refractivity contribution in [3.63, 3.8) is 0 Å². The van der Waals surface area contributed by atoms with Gasteiger partial charge in [-0.25, -0.2) is 14.5 Å². The van der Waals surface area contributed by atoms with Crippen molar-refractivity contribution in [1.29, 1.82) is 0 Å². The second kappa shape index (κ2) is 9.39. The average molecular weight is 410 g/mol. The Labute approximate surface area is 175 Å². The number of nitrogens with one attached hydrogen (secondary N) is 1. The SMILES string of the molecule is CCCCOC(=O)c1ccc(NC(=O)COc2nn(C)c3nc(C)cc(C)c23)cc1. The van der Waals surface area contributed by atoms with Crippen molar-refractivity contribution in [3.8, 4) is 5.88 Å². The van der Waals surface area contributed by atoms with E-state index >= 15 is 0 Å². The third-order valence-corrected chi connectivity index (χ3v) is 4.56. The summed E-state index contributed by atoms with van der Waals surface area (Å²) in [5, 5.41) is 7.87. The van der Waals surface area contributed by atoms with Gasteiger partial charge in [0.2, 0.25) is 5.88 Å². The fourth-order valence-electron chi connectivity index (χ4n) is 3.06. The average Bonchev–Trinajstić information content (AvgIpc) is 3.03. The van der Waals surface area contributed by atoms with Crippen LogP contribution >= 0.6 is 0 Å². The van der Waals surface area contributed by atoms with E-state index in [-0.39, 0.29) is 18.5 Å². The number of hydrogen-bond donors (Lipinski definition) is 1. The largest absolute Gasteiger partial charge is 0.466 e. The Morgan fingerprint density at radius 1 is 1.17 bits per heavy atom. The van der Waals surface area contributed by atoms with Crippen molar-refractivity contribution in [3.05, 3.63) is 47.2 Å². The molecule has 158 valence electrons. The third-order valence-electron chi connectivity index (χ3n) is 4.56. The maximum atomic E-state index is 12.3. The maximum Gasteiger partial charge on any atom is 0.338 e. The zero-order valence-corrected chi connectivity index (χ0v) is 17.7. The summed E-state index contributed by atoms with van der Waals surface area (Å²) in [6.45, 7) is 6.12. The van der Waals surface area contributed by atoms with E-state index in [4.69, 9.17) is 9.47 Å². The minimum Gasteiger partial charge on any atom is -0.466 e. The standard InChI is InChI=1S/C22H26N4O4/c1-5-6-11-29-22(28)16-7-9-17(10-8-16)24-18(27)13-30-21-19-14(2)12-15(3)23-20(19)26(4)25-21/h7-10,12H,5-6,11,13H2,1-4H3,(H,24,27). The molecule has 8 nitrogen and oxygen atoms in total. The highest BCUT2D eigenvalue weighted by molar-refractivity contribution is 5.94. The summed E-state index contributed by atoms with van der Waals surface area (Å²) in [6, 6.07) is 8.50. The zero-order chi connectivity index (χ0) is 21.7. The lowest BCUT2D eigenvalue weighted by Crippen LogP contribution is -2.20. The predicted octanol–water partition coefficient (Wildman–Crippen LogP) is 3.56. The summed E-state index contributed by atoms with van der Waals surface area (Å²) in [4.78, 5) is 28.7. The molecule has 3 aromatic rings. The number of esters is 1. The number of aromatic nitrogens is 3. The normalized spacial score (nSPS) is 10.8. The van der Waals surface area contributed by atoms with Crippen LogP contribution in [0.1, 0.15) is 41.4 Å². The van der Waals surface area contributed by atoms with Gasteiger partial charge in [-0.1, -0.05) is 13.3 Å². The lowest BCUT2D eigenvalue weighted by atomic mass is 10.2. The third kappa shape index (κ3) is 4.94. The Bertz CT molecular complexity index is 1060. The fourth-order valence-corrected chi connectivity index (χ4v) is 3.06. The van der Waals surface area contributed by atoms with Crippen molar-refractivity contribution >= 4 is 28.6 Å². The van der Waals surface area contributed by atoms with Crippen LogP contribution in [0.3, 0.4) is 0 Å². The predicted molar refractivity (Wildman–Crippen MR) is 114 cm³/mol. The molecule has 1 N–H and O–H groups in total. The number of ether oxygens (including phenoxy) is 2. The first kappa shape index (κ1) is 21.3. The second-order valence-electron chi connectivity index (χ2n) is 7.11. The van der Waals surface area contributed by atoms with Crippen LogP contribution in [0.4, 0.5) is 5.69 Å². The van der Waals surface area contributed by atoms with Crippen LogP contribution in [-0.4, -0.2) is 39.9 Å². The smallest absolute Gasteiger partial charge is 0.338 e. The highest BCUT2D eigenvalue weighted by atomic mass is 16.5. The van der Waals surface area contributed by atoms with E-state index < -0.39 is 0 Å². The van der Waals surface area contributed by atoms with Gasteiger partial charge < -0.3 is 14.8 Å². The van der Waals surface area contributed by atoms with E-state index in [9.17, 15) is 9.59 Å². The highest BCUT2D eigenvalue weighted by Gasteiger charge is 2.16. The molecule has 0 aliphatic carbocycles. The molecular formula is C22H26N4O4. The molecule has 0 unspecified atom stereocenters. The van der Waals surface area contributed by atoms with Gasteiger partial charge >= 0.3 is 5.97 Å². The van der Waals surface area contributed by atoms with Crippen molar-refractivity contribution in [1.82, 2.24) is 14.8 Å². The van der Waals surface area contributed by atoms with Crippen LogP contribution in [0.5, 0.6) is 5.88 Å². The van der Waals surface area contributed by atoms with Crippen molar-refractivity contribution in [2.45, 2.75) is 33.6 Å². The number of pyridine rings is 1. The molecule has 0 spiro atoms. The van der Waals surface area contributed by atoms with E-state index in [1.54, 1.807) is 36.0 Å². The van der Waals surface area contributed by atoms with Crippen LogP contribution in [0, 0.1) is 13.8 Å². The van der Waals surface area contributed by atoms with Gasteiger partial charge in [-0.05, 0) is 56.2 Å². The summed E-state index contributed by atoms with van der Waals surface area (Å²) in [7, 11) is 1.79. The lowest BCUT2D eigenvalue weighted by Gasteiger charge is -2.08. The van der Waals surface area contributed by atoms with Crippen LogP contribution in [0.2, 0.25) is 0 Å². The van der Waals surface area contributed by atoms with Crippen LogP contribution in [-0.2, 0) is 16.6 Å². The summed E-state index contributed by atoms with van der Waals surface area (Å²) in [6.07, 6.45) is 1.80. The van der Waals surface area contributed by atoms with Crippen LogP contribution < -0.4 is 10.1 Å². The Kier molecular flexibility index (Phi) is 6.66. The molecule has 0 saturated carbocycles. The Morgan fingerprint density at radius 3 is 2.60 bits per heavy atom. The van der Waals surface area contributed by atoms with Crippen molar-refractivity contribution < 1.29 is 19.1 Å². The Hall–Kier alpha value is -3.42. The fraction of sp³-hybridized carbons (Fsp3) is 0.364. The number of fused-ring (bicyclic) bond motifs is 1. The molecule has 3 rings (SSSR count). The van der Waals surface area contributed by atoms with Crippen LogP contribution in [0.25, 0.3) is 11.0 Å². The van der Waals surface area contributed by atoms with Gasteiger partial charge in [0.15, 0.2) is 12.3 Å². The zero-order valence-electron chi connectivity index (χ0n) is 17.7. The van der Waals surface area contributed by atoms with E-state index in [0.29, 0.717) is 29.4 Å². The van der Waals surface area contributed by atoms with E-state index in [2.05, 4.69) is 15.4 Å². The number of unbranched alkanes of at least 4 members (excludes halogenated alkanes) is 1. The van der Waals surface area contributed by atoms with Crippen molar-refractivity contribution in [2.75, 3.05) is 18.5 Å². The first-order valence-electron chi connectivity index (χ1n) is 9.89. The molecule has 2 heterocycles. The van der Waals surface area contributed by atoms with E-state index in [0.717, 1.165) is 29.5 Å². The quantitative estimate of drug-likeness (QED) is 0.451. The van der Waals surface area contributed by atoms with Gasteiger partial charge in [0, 0.05) is 18.4 Å². The molecule has 0 aliphatic rings. The first-order chi connectivity index (χ1) is 14.4. The van der Waals surface area contributed by atoms with E-state index in [1.807, 2.05) is 26.8 Å². The molecule has 0 atom stereocenters. The van der Waals surface area contributed by atoms with Gasteiger partial charge in [-0.3, -0.25) is 4.79 Å². The number of carbonyl (C=O) groups is 2. The number of nitrogens with zero attached hydrogens (tertiary/aromatic N) is 3.